The monoisotopic (exact) mass is 374 g/mol. The van der Waals surface area contributed by atoms with E-state index in [9.17, 15) is 9.59 Å². The van der Waals surface area contributed by atoms with Gasteiger partial charge in [0, 0.05) is 25.0 Å². The normalized spacial score (nSPS) is 18.5. The van der Waals surface area contributed by atoms with Crippen molar-refractivity contribution in [3.8, 4) is 0 Å². The van der Waals surface area contributed by atoms with Crippen LogP contribution < -0.4 is 10.9 Å². The van der Waals surface area contributed by atoms with Gasteiger partial charge in [-0.25, -0.2) is 4.98 Å². The molecule has 8 heteroatoms. The van der Waals surface area contributed by atoms with Gasteiger partial charge in [-0.3, -0.25) is 19.1 Å². The van der Waals surface area contributed by atoms with E-state index in [0.717, 1.165) is 37.4 Å². The van der Waals surface area contributed by atoms with Crippen LogP contribution in [-0.2, 0) is 6.54 Å². The Morgan fingerprint density at radius 2 is 2.15 bits per heavy atom. The van der Waals surface area contributed by atoms with Crippen LogP contribution in [0.2, 0.25) is 0 Å². The molecule has 2 aliphatic heterocycles. The number of furan rings is 1. The zero-order chi connectivity index (χ0) is 17.9. The molecule has 0 bridgehead atoms. The van der Waals surface area contributed by atoms with Gasteiger partial charge < -0.3 is 9.73 Å². The van der Waals surface area contributed by atoms with Crippen LogP contribution in [0.5, 0.6) is 0 Å². The van der Waals surface area contributed by atoms with Crippen molar-refractivity contribution in [1.29, 1.82) is 0 Å². The quantitative estimate of drug-likeness (QED) is 0.805. The van der Waals surface area contributed by atoms with Crippen molar-refractivity contribution in [1.82, 2.24) is 19.8 Å². The molecule has 138 valence electrons. The van der Waals surface area contributed by atoms with E-state index in [1.54, 1.807) is 10.8 Å². The Hall–Kier alpha value is -2.06. The van der Waals surface area contributed by atoms with Crippen molar-refractivity contribution < 1.29 is 9.21 Å². The van der Waals surface area contributed by atoms with Gasteiger partial charge in [0.1, 0.15) is 11.3 Å². The minimum absolute atomic E-state index is 0.0186. The van der Waals surface area contributed by atoms with Crippen molar-refractivity contribution in [3.63, 3.8) is 0 Å². The Bertz CT molecular complexity index is 827. The summed E-state index contributed by atoms with van der Waals surface area (Å²) in [5.74, 6) is 1.29. The number of aromatic nitrogens is 2. The Morgan fingerprint density at radius 1 is 1.31 bits per heavy atom. The summed E-state index contributed by atoms with van der Waals surface area (Å²) in [6.45, 7) is 2.99. The van der Waals surface area contributed by atoms with Gasteiger partial charge >= 0.3 is 0 Å². The summed E-state index contributed by atoms with van der Waals surface area (Å²) in [6.07, 6.45) is 6.59. The number of amides is 1. The van der Waals surface area contributed by atoms with E-state index in [1.807, 2.05) is 12.1 Å². The van der Waals surface area contributed by atoms with E-state index in [1.165, 1.54) is 24.4 Å². The highest BCUT2D eigenvalue weighted by atomic mass is 32.2. The minimum Gasteiger partial charge on any atom is -0.468 e. The summed E-state index contributed by atoms with van der Waals surface area (Å²) in [5, 5.41) is 3.60. The first-order valence-electron chi connectivity index (χ1n) is 9.02. The molecular formula is C18H22N4O3S. The van der Waals surface area contributed by atoms with Crippen LogP contribution in [0.3, 0.4) is 0 Å². The van der Waals surface area contributed by atoms with Crippen molar-refractivity contribution in [2.75, 3.05) is 25.4 Å². The molecular weight excluding hydrogens is 352 g/mol. The second kappa shape index (κ2) is 7.67. The minimum atomic E-state index is -0.372. The van der Waals surface area contributed by atoms with Crippen molar-refractivity contribution in [2.45, 2.75) is 37.0 Å². The zero-order valence-electron chi connectivity index (χ0n) is 14.5. The highest BCUT2D eigenvalue weighted by molar-refractivity contribution is 7.99. The third kappa shape index (κ3) is 3.43. The molecule has 1 fully saturated rings. The van der Waals surface area contributed by atoms with E-state index in [2.05, 4.69) is 15.2 Å². The highest BCUT2D eigenvalue weighted by Crippen LogP contribution is 2.25. The molecule has 0 radical (unpaired) electrons. The number of thioether (sulfide) groups is 1. The predicted octanol–water partition coefficient (Wildman–Crippen LogP) is 1.90. The molecule has 2 aromatic heterocycles. The average molecular weight is 374 g/mol. The van der Waals surface area contributed by atoms with Crippen LogP contribution in [-0.4, -0.2) is 45.7 Å². The van der Waals surface area contributed by atoms with Crippen LogP contribution in [0.1, 0.15) is 41.4 Å². The van der Waals surface area contributed by atoms with Gasteiger partial charge in [-0.15, -0.1) is 0 Å². The molecule has 1 N–H and O–H groups in total. The molecule has 4 heterocycles. The number of carbonyl (C=O) groups excluding carboxylic acids is 1. The highest BCUT2D eigenvalue weighted by Gasteiger charge is 2.26. The fraction of sp³-hybridized carbons (Fsp3) is 0.500. The number of piperidine rings is 1. The van der Waals surface area contributed by atoms with E-state index in [-0.39, 0.29) is 23.1 Å². The van der Waals surface area contributed by atoms with E-state index in [4.69, 9.17) is 4.42 Å². The molecule has 0 spiro atoms. The van der Waals surface area contributed by atoms with Crippen LogP contribution in [0.15, 0.2) is 39.0 Å². The average Bonchev–Trinajstić information content (AvgIpc) is 3.35. The summed E-state index contributed by atoms with van der Waals surface area (Å²) in [7, 11) is 0. The second-order valence-corrected chi connectivity index (χ2v) is 7.66. The van der Waals surface area contributed by atoms with Gasteiger partial charge in [-0.05, 0) is 38.1 Å². The second-order valence-electron chi connectivity index (χ2n) is 6.60. The molecule has 2 aliphatic rings. The van der Waals surface area contributed by atoms with Crippen LogP contribution in [0.4, 0.5) is 0 Å². The largest absolute Gasteiger partial charge is 0.468 e. The third-order valence-corrected chi connectivity index (χ3v) is 5.93. The van der Waals surface area contributed by atoms with E-state index >= 15 is 0 Å². The number of hydrogen-bond acceptors (Lipinski definition) is 6. The number of likely N-dealkylation sites (tertiary alicyclic amines) is 1. The van der Waals surface area contributed by atoms with Crippen molar-refractivity contribution >= 4 is 17.7 Å². The van der Waals surface area contributed by atoms with Gasteiger partial charge in [0.25, 0.3) is 11.5 Å². The summed E-state index contributed by atoms with van der Waals surface area (Å²) in [5.41, 5.74) is -0.155. The summed E-state index contributed by atoms with van der Waals surface area (Å²) in [6, 6.07) is 3.78. The van der Waals surface area contributed by atoms with E-state index in [0.29, 0.717) is 18.2 Å². The number of rotatable bonds is 5. The SMILES string of the molecule is O=C(NCC(c1ccco1)N1CCCCC1)c1cnc2n(c1=O)CCS2. The zero-order valence-corrected chi connectivity index (χ0v) is 15.3. The first kappa shape index (κ1) is 17.4. The number of carbonyl (C=O) groups is 1. The number of hydrogen-bond donors (Lipinski definition) is 1. The first-order valence-corrected chi connectivity index (χ1v) is 10.0. The Kier molecular flexibility index (Phi) is 5.12. The Morgan fingerprint density at radius 3 is 2.92 bits per heavy atom. The molecule has 26 heavy (non-hydrogen) atoms. The summed E-state index contributed by atoms with van der Waals surface area (Å²) >= 11 is 1.54. The lowest BCUT2D eigenvalue weighted by atomic mass is 10.1. The molecule has 1 amide bonds. The van der Waals surface area contributed by atoms with Crippen LogP contribution in [0.25, 0.3) is 0 Å². The molecule has 4 rings (SSSR count). The molecule has 0 aliphatic carbocycles. The van der Waals surface area contributed by atoms with Gasteiger partial charge in [-0.2, -0.15) is 0 Å². The van der Waals surface area contributed by atoms with Gasteiger partial charge in [-0.1, -0.05) is 18.2 Å². The predicted molar refractivity (Wildman–Crippen MR) is 98.4 cm³/mol. The number of nitrogens with one attached hydrogen (secondary N) is 1. The lowest BCUT2D eigenvalue weighted by Gasteiger charge is -2.33. The van der Waals surface area contributed by atoms with Gasteiger partial charge in [0.05, 0.1) is 12.3 Å². The molecule has 2 aromatic rings. The molecule has 0 saturated carbocycles. The molecule has 0 aromatic carbocycles. The molecule has 1 saturated heterocycles. The third-order valence-electron chi connectivity index (χ3n) is 4.96. The topological polar surface area (TPSA) is 80.4 Å². The van der Waals surface area contributed by atoms with Crippen molar-refractivity contribution in [3.05, 3.63) is 46.3 Å². The Balaban J connectivity index is 1.49. The lowest BCUT2D eigenvalue weighted by Crippen LogP contribution is -2.42. The maximum Gasteiger partial charge on any atom is 0.267 e. The summed E-state index contributed by atoms with van der Waals surface area (Å²) < 4.78 is 7.17. The molecule has 1 unspecified atom stereocenters. The first-order chi connectivity index (χ1) is 12.7. The van der Waals surface area contributed by atoms with Crippen molar-refractivity contribution in [2.24, 2.45) is 0 Å². The van der Waals surface area contributed by atoms with Gasteiger partial charge in [0.15, 0.2) is 5.16 Å². The van der Waals surface area contributed by atoms with E-state index < -0.39 is 0 Å². The maximum atomic E-state index is 12.6. The number of fused-ring (bicyclic) bond motifs is 1. The molecule has 7 nitrogen and oxygen atoms in total. The molecule has 1 atom stereocenters. The van der Waals surface area contributed by atoms with Crippen LogP contribution >= 0.6 is 11.8 Å². The fourth-order valence-corrected chi connectivity index (χ4v) is 4.49. The Labute approximate surface area is 155 Å². The smallest absolute Gasteiger partial charge is 0.267 e. The summed E-state index contributed by atoms with van der Waals surface area (Å²) in [4.78, 5) is 31.7. The van der Waals surface area contributed by atoms with Gasteiger partial charge in [0.2, 0.25) is 0 Å². The fourth-order valence-electron chi connectivity index (χ4n) is 3.58. The lowest BCUT2D eigenvalue weighted by molar-refractivity contribution is 0.0911. The maximum absolute atomic E-state index is 12.6. The van der Waals surface area contributed by atoms with Crippen LogP contribution in [0, 0.1) is 0 Å². The standard InChI is InChI=1S/C18H22N4O3S/c23-16(13-11-20-18-22(17(13)24)8-10-26-18)19-12-14(15-5-4-9-25-15)21-6-2-1-3-7-21/h4-5,9,11,14H,1-3,6-8,10,12H2,(H,19,23). The number of nitrogens with zero attached hydrogens (tertiary/aromatic N) is 3.